The van der Waals surface area contributed by atoms with Gasteiger partial charge in [-0.05, 0) is 24.8 Å². The van der Waals surface area contributed by atoms with Crippen LogP contribution >= 0.6 is 0 Å². The number of aryl methyl sites for hydroxylation is 1. The van der Waals surface area contributed by atoms with E-state index in [4.69, 9.17) is 5.73 Å². The zero-order valence-corrected chi connectivity index (χ0v) is 11.6. The second-order valence-corrected chi connectivity index (χ2v) is 5.09. The molecule has 0 bridgehead atoms. The van der Waals surface area contributed by atoms with E-state index in [0.29, 0.717) is 0 Å². The van der Waals surface area contributed by atoms with Crippen molar-refractivity contribution >= 4 is 0 Å². The monoisotopic (exact) mass is 246 g/mol. The van der Waals surface area contributed by atoms with Crippen LogP contribution in [0.15, 0.2) is 30.3 Å². The van der Waals surface area contributed by atoms with Crippen LogP contribution in [0.4, 0.5) is 0 Å². The number of nitrogens with two attached hydrogens (primary N) is 1. The van der Waals surface area contributed by atoms with Crippen LogP contribution < -0.4 is 5.73 Å². The molecule has 0 spiro atoms. The second-order valence-electron chi connectivity index (χ2n) is 5.09. The summed E-state index contributed by atoms with van der Waals surface area (Å²) >= 11 is 0. The van der Waals surface area contributed by atoms with E-state index in [1.54, 1.807) is 6.54 Å². The standard InChI is InChI=1S/C17H28N/c18-16-12-7-5-3-1-2-4-6-9-13-17-14-10-8-11-15-17/h8,10-11,14-16H,1-7,9,12-13,18H2. The number of hydrogen-bond donors (Lipinski definition) is 1. The molecule has 0 saturated heterocycles. The normalized spacial score (nSPS) is 10.7. The number of unbranched alkanes of at least 4 members (excludes halogenated alkanes) is 8. The van der Waals surface area contributed by atoms with E-state index < -0.39 is 0 Å². The zero-order chi connectivity index (χ0) is 12.9. The van der Waals surface area contributed by atoms with E-state index in [9.17, 15) is 0 Å². The first-order valence-electron chi connectivity index (χ1n) is 7.51. The minimum Gasteiger partial charge on any atom is -0.326 e. The first kappa shape index (κ1) is 15.2. The van der Waals surface area contributed by atoms with Gasteiger partial charge in [-0.2, -0.15) is 0 Å². The van der Waals surface area contributed by atoms with Crippen LogP contribution in [-0.2, 0) is 6.42 Å². The Balaban J connectivity index is 1.82. The van der Waals surface area contributed by atoms with Crippen LogP contribution in [0.3, 0.4) is 0 Å². The van der Waals surface area contributed by atoms with Gasteiger partial charge < -0.3 is 5.73 Å². The molecule has 2 N–H and O–H groups in total. The van der Waals surface area contributed by atoms with E-state index >= 15 is 0 Å². The van der Waals surface area contributed by atoms with Gasteiger partial charge in [0.2, 0.25) is 0 Å². The minimum atomic E-state index is 1.08. The smallest absolute Gasteiger partial charge is 0.0192 e. The molecule has 0 aromatic heterocycles. The first-order valence-corrected chi connectivity index (χ1v) is 7.51. The van der Waals surface area contributed by atoms with Gasteiger partial charge in [0.05, 0.1) is 0 Å². The lowest BCUT2D eigenvalue weighted by Crippen LogP contribution is -1.89. The molecule has 1 rings (SSSR count). The summed E-state index contributed by atoms with van der Waals surface area (Å²) in [4.78, 5) is 0. The number of hydrogen-bond acceptors (Lipinski definition) is 1. The maximum Gasteiger partial charge on any atom is 0.0192 e. The van der Waals surface area contributed by atoms with Gasteiger partial charge >= 0.3 is 0 Å². The Hall–Kier alpha value is -0.820. The predicted octanol–water partition coefficient (Wildman–Crippen LogP) is 4.86. The summed E-state index contributed by atoms with van der Waals surface area (Å²) in [5.74, 6) is 0. The summed E-state index contributed by atoms with van der Waals surface area (Å²) in [6.07, 6.45) is 13.2. The summed E-state index contributed by atoms with van der Waals surface area (Å²) in [7, 11) is 0. The molecule has 1 nitrogen and oxygen atoms in total. The third kappa shape index (κ3) is 8.30. The lowest BCUT2D eigenvalue weighted by atomic mass is 10.0. The molecule has 18 heavy (non-hydrogen) atoms. The number of benzene rings is 1. The lowest BCUT2D eigenvalue weighted by Gasteiger charge is -2.02. The van der Waals surface area contributed by atoms with Crippen LogP contribution in [0.25, 0.3) is 0 Å². The Morgan fingerprint density at radius 3 is 1.89 bits per heavy atom. The van der Waals surface area contributed by atoms with Crippen molar-refractivity contribution in [3.63, 3.8) is 0 Å². The van der Waals surface area contributed by atoms with E-state index in [-0.39, 0.29) is 0 Å². The molecule has 0 aliphatic carbocycles. The highest BCUT2D eigenvalue weighted by Gasteiger charge is 1.94. The largest absolute Gasteiger partial charge is 0.326 e. The fourth-order valence-electron chi connectivity index (χ4n) is 2.30. The van der Waals surface area contributed by atoms with E-state index in [1.807, 2.05) is 0 Å². The van der Waals surface area contributed by atoms with Gasteiger partial charge in [0.15, 0.2) is 0 Å². The van der Waals surface area contributed by atoms with E-state index in [0.717, 1.165) is 6.42 Å². The molecule has 0 atom stereocenters. The summed E-state index contributed by atoms with van der Waals surface area (Å²) in [5, 5.41) is 0. The topological polar surface area (TPSA) is 26.0 Å². The molecule has 1 aromatic carbocycles. The van der Waals surface area contributed by atoms with Crippen molar-refractivity contribution in [2.45, 2.75) is 64.2 Å². The van der Waals surface area contributed by atoms with Crippen molar-refractivity contribution in [2.75, 3.05) is 0 Å². The van der Waals surface area contributed by atoms with Crippen molar-refractivity contribution in [1.82, 2.24) is 0 Å². The SMILES string of the molecule is N[CH]CCCCCCCCCCc1ccccc1. The quantitative estimate of drug-likeness (QED) is 0.554. The van der Waals surface area contributed by atoms with Crippen LogP contribution in [0.1, 0.15) is 63.4 Å². The fourth-order valence-corrected chi connectivity index (χ4v) is 2.30. The van der Waals surface area contributed by atoms with E-state index in [2.05, 4.69) is 30.3 Å². The van der Waals surface area contributed by atoms with Crippen molar-refractivity contribution in [3.05, 3.63) is 42.4 Å². The highest BCUT2D eigenvalue weighted by Crippen LogP contribution is 2.11. The van der Waals surface area contributed by atoms with Crippen LogP contribution in [0, 0.1) is 6.54 Å². The van der Waals surface area contributed by atoms with Gasteiger partial charge in [-0.1, -0.05) is 75.3 Å². The number of rotatable bonds is 11. The average Bonchev–Trinajstić information content (AvgIpc) is 2.42. The Labute approximate surface area is 113 Å². The Bertz CT molecular complexity index is 268. The van der Waals surface area contributed by atoms with Crippen molar-refractivity contribution in [1.29, 1.82) is 0 Å². The maximum atomic E-state index is 5.35. The molecule has 1 aromatic rings. The maximum absolute atomic E-state index is 5.35. The second kappa shape index (κ2) is 11.3. The molecule has 1 radical (unpaired) electrons. The fraction of sp³-hybridized carbons (Fsp3) is 0.588. The molecule has 1 heteroatoms. The molecule has 0 heterocycles. The summed E-state index contributed by atoms with van der Waals surface area (Å²) in [6, 6.07) is 10.8. The van der Waals surface area contributed by atoms with Crippen LogP contribution in [-0.4, -0.2) is 0 Å². The third-order valence-electron chi connectivity index (χ3n) is 3.43. The van der Waals surface area contributed by atoms with Crippen LogP contribution in [0.5, 0.6) is 0 Å². The molecule has 0 fully saturated rings. The summed E-state index contributed by atoms with van der Waals surface area (Å²) in [5.41, 5.74) is 6.83. The minimum absolute atomic E-state index is 1.08. The van der Waals surface area contributed by atoms with Gasteiger partial charge in [-0.15, -0.1) is 0 Å². The third-order valence-corrected chi connectivity index (χ3v) is 3.43. The lowest BCUT2D eigenvalue weighted by molar-refractivity contribution is 0.566. The molecule has 0 aliphatic rings. The predicted molar refractivity (Wildman–Crippen MR) is 80.2 cm³/mol. The van der Waals surface area contributed by atoms with Crippen LogP contribution in [0.2, 0.25) is 0 Å². The molecule has 0 aliphatic heterocycles. The van der Waals surface area contributed by atoms with Gasteiger partial charge in [-0.3, -0.25) is 0 Å². The highest BCUT2D eigenvalue weighted by atomic mass is 14.5. The Kier molecular flexibility index (Phi) is 9.55. The summed E-state index contributed by atoms with van der Waals surface area (Å²) in [6.45, 7) is 1.78. The van der Waals surface area contributed by atoms with Crippen molar-refractivity contribution < 1.29 is 0 Å². The molecule has 0 unspecified atom stereocenters. The first-order chi connectivity index (χ1) is 8.93. The highest BCUT2D eigenvalue weighted by molar-refractivity contribution is 5.14. The molecule has 0 saturated carbocycles. The molecule has 101 valence electrons. The van der Waals surface area contributed by atoms with E-state index in [1.165, 1.54) is 63.4 Å². The van der Waals surface area contributed by atoms with Crippen molar-refractivity contribution in [2.24, 2.45) is 5.73 Å². The van der Waals surface area contributed by atoms with Crippen molar-refractivity contribution in [3.8, 4) is 0 Å². The van der Waals surface area contributed by atoms with Gasteiger partial charge in [0.1, 0.15) is 0 Å². The van der Waals surface area contributed by atoms with Gasteiger partial charge in [-0.25, -0.2) is 0 Å². The molecular weight excluding hydrogens is 218 g/mol. The Morgan fingerprint density at radius 2 is 1.28 bits per heavy atom. The Morgan fingerprint density at radius 1 is 0.722 bits per heavy atom. The zero-order valence-electron chi connectivity index (χ0n) is 11.6. The average molecular weight is 246 g/mol. The van der Waals surface area contributed by atoms with Gasteiger partial charge in [0, 0.05) is 6.54 Å². The summed E-state index contributed by atoms with van der Waals surface area (Å²) < 4.78 is 0. The van der Waals surface area contributed by atoms with Gasteiger partial charge in [0.25, 0.3) is 0 Å². The molecule has 0 amide bonds. The molecular formula is C17H28N.